The molecule has 0 aliphatic heterocycles. The lowest BCUT2D eigenvalue weighted by Gasteiger charge is -2.08. The summed E-state index contributed by atoms with van der Waals surface area (Å²) in [7, 11) is 0. The Morgan fingerprint density at radius 1 is 1.24 bits per heavy atom. The van der Waals surface area contributed by atoms with Gasteiger partial charge < -0.3 is 10.3 Å². The SMILES string of the molecule is Cc1cc2nc(SCC(=O)Nc3ccc(C(C)C)cc3)[nH]c(=O)c2[nH]1. The lowest BCUT2D eigenvalue weighted by molar-refractivity contribution is -0.113. The van der Waals surface area contributed by atoms with Crippen LogP contribution in [0.1, 0.15) is 31.0 Å². The van der Waals surface area contributed by atoms with Crippen LogP contribution in [0.25, 0.3) is 11.0 Å². The molecule has 2 heterocycles. The molecular weight excluding hydrogens is 336 g/mol. The van der Waals surface area contributed by atoms with Crippen LogP contribution in [0.5, 0.6) is 0 Å². The fourth-order valence-corrected chi connectivity index (χ4v) is 3.15. The van der Waals surface area contributed by atoms with Gasteiger partial charge in [0.25, 0.3) is 5.56 Å². The molecule has 1 aromatic carbocycles. The van der Waals surface area contributed by atoms with Crippen LogP contribution < -0.4 is 10.9 Å². The highest BCUT2D eigenvalue weighted by Gasteiger charge is 2.09. The lowest BCUT2D eigenvalue weighted by Crippen LogP contribution is -2.15. The second-order valence-electron chi connectivity index (χ2n) is 6.20. The normalized spacial score (nSPS) is 11.2. The summed E-state index contributed by atoms with van der Waals surface area (Å²) < 4.78 is 0. The van der Waals surface area contributed by atoms with E-state index in [1.807, 2.05) is 37.3 Å². The molecule has 3 rings (SSSR count). The van der Waals surface area contributed by atoms with Gasteiger partial charge in [0.15, 0.2) is 5.16 Å². The van der Waals surface area contributed by atoms with Crippen molar-refractivity contribution in [3.8, 4) is 0 Å². The van der Waals surface area contributed by atoms with Gasteiger partial charge in [-0.05, 0) is 36.6 Å². The number of carbonyl (C=O) groups is 1. The number of hydrogen-bond acceptors (Lipinski definition) is 4. The van der Waals surface area contributed by atoms with Crippen molar-refractivity contribution in [2.45, 2.75) is 31.8 Å². The van der Waals surface area contributed by atoms with Crippen LogP contribution in [-0.4, -0.2) is 26.6 Å². The number of hydrogen-bond donors (Lipinski definition) is 3. The molecule has 0 aliphatic carbocycles. The lowest BCUT2D eigenvalue weighted by atomic mass is 10.0. The first-order valence-corrected chi connectivity index (χ1v) is 9.03. The van der Waals surface area contributed by atoms with E-state index in [1.165, 1.54) is 17.3 Å². The van der Waals surface area contributed by atoms with Crippen molar-refractivity contribution < 1.29 is 4.79 Å². The molecule has 3 aromatic rings. The number of thioether (sulfide) groups is 1. The number of aryl methyl sites for hydroxylation is 1. The quantitative estimate of drug-likeness (QED) is 0.483. The van der Waals surface area contributed by atoms with Gasteiger partial charge in [-0.15, -0.1) is 0 Å². The number of nitrogens with zero attached hydrogens (tertiary/aromatic N) is 1. The van der Waals surface area contributed by atoms with Gasteiger partial charge in [0.05, 0.1) is 11.3 Å². The fraction of sp³-hybridized carbons (Fsp3) is 0.278. The van der Waals surface area contributed by atoms with Crippen LogP contribution >= 0.6 is 11.8 Å². The smallest absolute Gasteiger partial charge is 0.275 e. The summed E-state index contributed by atoms with van der Waals surface area (Å²) in [5.41, 5.74) is 3.69. The van der Waals surface area contributed by atoms with E-state index in [1.54, 1.807) is 0 Å². The molecule has 3 N–H and O–H groups in total. The number of H-pyrrole nitrogens is 2. The first kappa shape index (κ1) is 17.3. The topological polar surface area (TPSA) is 90.6 Å². The summed E-state index contributed by atoms with van der Waals surface area (Å²) in [6, 6.07) is 9.62. The maximum Gasteiger partial charge on any atom is 0.275 e. The Morgan fingerprint density at radius 2 is 1.96 bits per heavy atom. The number of nitrogens with one attached hydrogen (secondary N) is 3. The van der Waals surface area contributed by atoms with E-state index < -0.39 is 0 Å². The number of rotatable bonds is 5. The van der Waals surface area contributed by atoms with Crippen LogP contribution in [0.15, 0.2) is 40.3 Å². The number of carbonyl (C=O) groups excluding carboxylic acids is 1. The highest BCUT2D eigenvalue weighted by atomic mass is 32.2. The molecule has 1 amide bonds. The van der Waals surface area contributed by atoms with E-state index >= 15 is 0 Å². The van der Waals surface area contributed by atoms with Crippen molar-refractivity contribution in [1.82, 2.24) is 15.0 Å². The molecule has 6 nitrogen and oxygen atoms in total. The van der Waals surface area contributed by atoms with Crippen molar-refractivity contribution in [1.29, 1.82) is 0 Å². The minimum absolute atomic E-state index is 0.143. The van der Waals surface area contributed by atoms with Gasteiger partial charge >= 0.3 is 0 Å². The fourth-order valence-electron chi connectivity index (χ4n) is 2.48. The molecule has 25 heavy (non-hydrogen) atoms. The second-order valence-corrected chi connectivity index (χ2v) is 7.16. The Hall–Kier alpha value is -2.54. The zero-order chi connectivity index (χ0) is 18.0. The number of anilines is 1. The molecule has 0 spiro atoms. The summed E-state index contributed by atoms with van der Waals surface area (Å²) in [5, 5.41) is 3.28. The third-order valence-electron chi connectivity index (χ3n) is 3.80. The van der Waals surface area contributed by atoms with Crippen LogP contribution in [0.2, 0.25) is 0 Å². The Morgan fingerprint density at radius 3 is 2.64 bits per heavy atom. The Labute approximate surface area is 149 Å². The molecule has 7 heteroatoms. The van der Waals surface area contributed by atoms with Crippen molar-refractivity contribution in [3.63, 3.8) is 0 Å². The molecule has 0 radical (unpaired) electrons. The van der Waals surface area contributed by atoms with E-state index in [2.05, 4.69) is 34.1 Å². The Balaban J connectivity index is 1.63. The minimum Gasteiger partial charge on any atom is -0.353 e. The van der Waals surface area contributed by atoms with Gasteiger partial charge in [0, 0.05) is 11.4 Å². The van der Waals surface area contributed by atoms with Crippen LogP contribution in [0.3, 0.4) is 0 Å². The summed E-state index contributed by atoms with van der Waals surface area (Å²) >= 11 is 1.20. The molecule has 0 fully saturated rings. The van der Waals surface area contributed by atoms with Gasteiger partial charge in [0.2, 0.25) is 5.91 Å². The van der Waals surface area contributed by atoms with Gasteiger partial charge in [-0.3, -0.25) is 14.6 Å². The van der Waals surface area contributed by atoms with E-state index in [4.69, 9.17) is 0 Å². The predicted molar refractivity (Wildman–Crippen MR) is 101 cm³/mol. The van der Waals surface area contributed by atoms with Crippen molar-refractivity contribution in [2.75, 3.05) is 11.1 Å². The molecule has 0 saturated heterocycles. The van der Waals surface area contributed by atoms with E-state index in [-0.39, 0.29) is 17.2 Å². The molecule has 130 valence electrons. The number of fused-ring (bicyclic) bond motifs is 1. The predicted octanol–water partition coefficient (Wildman–Crippen LogP) is 3.41. The van der Waals surface area contributed by atoms with E-state index in [9.17, 15) is 9.59 Å². The number of aromatic amines is 2. The van der Waals surface area contributed by atoms with Crippen molar-refractivity contribution >= 4 is 34.4 Å². The summed E-state index contributed by atoms with van der Waals surface area (Å²) in [4.78, 5) is 34.1. The molecule has 0 aliphatic rings. The van der Waals surface area contributed by atoms with Crippen LogP contribution in [0, 0.1) is 6.92 Å². The van der Waals surface area contributed by atoms with Gasteiger partial charge in [-0.2, -0.15) is 0 Å². The van der Waals surface area contributed by atoms with Crippen molar-refractivity contribution in [3.05, 3.63) is 51.9 Å². The van der Waals surface area contributed by atoms with Gasteiger partial charge in [0.1, 0.15) is 5.52 Å². The molecule has 0 unspecified atom stereocenters. The van der Waals surface area contributed by atoms with Gasteiger partial charge in [-0.1, -0.05) is 37.7 Å². The number of benzene rings is 1. The molecule has 0 atom stereocenters. The Kier molecular flexibility index (Phi) is 4.94. The number of aromatic nitrogens is 3. The summed E-state index contributed by atoms with van der Waals surface area (Å²) in [5.74, 6) is 0.481. The summed E-state index contributed by atoms with van der Waals surface area (Å²) in [6.07, 6.45) is 0. The zero-order valence-corrected chi connectivity index (χ0v) is 15.2. The van der Waals surface area contributed by atoms with Gasteiger partial charge in [-0.25, -0.2) is 4.98 Å². The third-order valence-corrected chi connectivity index (χ3v) is 4.68. The van der Waals surface area contributed by atoms with Crippen LogP contribution in [-0.2, 0) is 4.79 Å². The molecule has 0 saturated carbocycles. The first-order valence-electron chi connectivity index (χ1n) is 8.04. The minimum atomic E-state index is -0.231. The molecular formula is C18H20N4O2S. The highest BCUT2D eigenvalue weighted by Crippen LogP contribution is 2.18. The number of amides is 1. The standard InChI is InChI=1S/C18H20N4O2S/c1-10(2)12-4-6-13(7-5-12)20-15(23)9-25-18-21-14-8-11(3)19-16(14)17(24)22-18/h4-8,10,19H,9H2,1-3H3,(H,20,23)(H,21,22,24). The molecule has 2 aromatic heterocycles. The van der Waals surface area contributed by atoms with E-state index in [0.29, 0.717) is 22.1 Å². The largest absolute Gasteiger partial charge is 0.353 e. The first-order chi connectivity index (χ1) is 11.9. The zero-order valence-electron chi connectivity index (χ0n) is 14.3. The summed E-state index contributed by atoms with van der Waals surface area (Å²) in [6.45, 7) is 6.12. The van der Waals surface area contributed by atoms with Crippen molar-refractivity contribution in [2.24, 2.45) is 0 Å². The Bertz CT molecular complexity index is 957. The molecule has 0 bridgehead atoms. The third kappa shape index (κ3) is 4.11. The maximum atomic E-state index is 12.1. The highest BCUT2D eigenvalue weighted by molar-refractivity contribution is 7.99. The van der Waals surface area contributed by atoms with Crippen LogP contribution in [0.4, 0.5) is 5.69 Å². The van der Waals surface area contributed by atoms with E-state index in [0.717, 1.165) is 11.4 Å². The average Bonchev–Trinajstić information content (AvgIpc) is 2.94. The average molecular weight is 356 g/mol. The second kappa shape index (κ2) is 7.14. The monoisotopic (exact) mass is 356 g/mol. The maximum absolute atomic E-state index is 12.1.